The number of aryl methyl sites for hydroxylation is 1. The maximum Gasteiger partial charge on any atom is 0.416 e. The van der Waals surface area contributed by atoms with Crippen LogP contribution in [0.4, 0.5) is 19.0 Å². The predicted octanol–water partition coefficient (Wildman–Crippen LogP) is 4.92. The normalized spacial score (nSPS) is 11.3. The summed E-state index contributed by atoms with van der Waals surface area (Å²) in [6.45, 7) is 1.86. The Balaban J connectivity index is 1.60. The molecule has 0 bridgehead atoms. The Morgan fingerprint density at radius 3 is 2.64 bits per heavy atom. The van der Waals surface area contributed by atoms with E-state index in [2.05, 4.69) is 20.4 Å². The lowest BCUT2D eigenvalue weighted by molar-refractivity contribution is -0.137. The number of hydrogen-bond donors (Lipinski definition) is 1. The fourth-order valence-corrected chi connectivity index (χ4v) is 3.15. The molecule has 0 aliphatic carbocycles. The van der Waals surface area contributed by atoms with Crippen molar-refractivity contribution in [2.24, 2.45) is 0 Å². The molecule has 4 rings (SSSR count). The standard InChI is InChI=1S/C23H18F3N5O2/c1-14-3-4-15(22(32)30-21-9-18(5-6-28-21)23(24,25)26)8-20(14)31-13-17(11-29-31)16-7-19(33-2)12-27-10-16/h3-13H,1-2H3,(H,28,30,32). The monoisotopic (exact) mass is 453 g/mol. The Hall–Kier alpha value is -4.21. The summed E-state index contributed by atoms with van der Waals surface area (Å²) in [5.74, 6) is -0.172. The van der Waals surface area contributed by atoms with Crippen LogP contribution < -0.4 is 10.1 Å². The van der Waals surface area contributed by atoms with E-state index in [0.717, 1.165) is 35.0 Å². The van der Waals surface area contributed by atoms with E-state index in [9.17, 15) is 18.0 Å². The first-order chi connectivity index (χ1) is 15.7. The highest BCUT2D eigenvalue weighted by Crippen LogP contribution is 2.30. The van der Waals surface area contributed by atoms with Gasteiger partial charge in [0.15, 0.2) is 0 Å². The third kappa shape index (κ3) is 4.84. The number of pyridine rings is 2. The minimum Gasteiger partial charge on any atom is -0.495 e. The first-order valence-electron chi connectivity index (χ1n) is 9.74. The number of carbonyl (C=O) groups is 1. The molecule has 1 aromatic carbocycles. The van der Waals surface area contributed by atoms with Gasteiger partial charge in [-0.15, -0.1) is 0 Å². The molecule has 0 atom stereocenters. The molecule has 1 N–H and O–H groups in total. The summed E-state index contributed by atoms with van der Waals surface area (Å²) in [6, 6.07) is 8.38. The number of nitrogens with one attached hydrogen (secondary N) is 1. The largest absolute Gasteiger partial charge is 0.495 e. The number of anilines is 1. The van der Waals surface area contributed by atoms with Crippen molar-refractivity contribution in [1.82, 2.24) is 19.7 Å². The van der Waals surface area contributed by atoms with Crippen molar-refractivity contribution in [2.75, 3.05) is 12.4 Å². The molecule has 0 unspecified atom stereocenters. The van der Waals surface area contributed by atoms with E-state index in [1.54, 1.807) is 54.8 Å². The van der Waals surface area contributed by atoms with E-state index in [0.29, 0.717) is 11.4 Å². The van der Waals surface area contributed by atoms with Gasteiger partial charge >= 0.3 is 6.18 Å². The molecule has 3 heterocycles. The summed E-state index contributed by atoms with van der Waals surface area (Å²) in [4.78, 5) is 20.6. The second kappa shape index (κ2) is 8.73. The Bertz CT molecular complexity index is 1320. The van der Waals surface area contributed by atoms with Gasteiger partial charge in [0, 0.05) is 35.3 Å². The summed E-state index contributed by atoms with van der Waals surface area (Å²) < 4.78 is 45.6. The van der Waals surface area contributed by atoms with Crippen LogP contribution in [0.2, 0.25) is 0 Å². The number of carbonyl (C=O) groups excluding carboxylic acids is 1. The summed E-state index contributed by atoms with van der Waals surface area (Å²) >= 11 is 0. The van der Waals surface area contributed by atoms with Crippen LogP contribution in [0.1, 0.15) is 21.5 Å². The Kier molecular flexibility index (Phi) is 5.82. The number of rotatable bonds is 5. The van der Waals surface area contributed by atoms with Crippen molar-refractivity contribution in [3.05, 3.63) is 84.1 Å². The molecule has 0 radical (unpaired) electrons. The molecule has 33 heavy (non-hydrogen) atoms. The third-order valence-electron chi connectivity index (χ3n) is 4.91. The van der Waals surface area contributed by atoms with E-state index in [1.807, 2.05) is 13.0 Å². The number of amides is 1. The van der Waals surface area contributed by atoms with Crippen LogP contribution in [0.15, 0.2) is 67.4 Å². The van der Waals surface area contributed by atoms with Gasteiger partial charge in [-0.25, -0.2) is 9.67 Å². The third-order valence-corrected chi connectivity index (χ3v) is 4.91. The van der Waals surface area contributed by atoms with Gasteiger partial charge < -0.3 is 10.1 Å². The highest BCUT2D eigenvalue weighted by molar-refractivity contribution is 6.04. The van der Waals surface area contributed by atoms with Crippen LogP contribution in [-0.2, 0) is 6.18 Å². The predicted molar refractivity (Wildman–Crippen MR) is 115 cm³/mol. The van der Waals surface area contributed by atoms with Gasteiger partial charge in [-0.2, -0.15) is 18.3 Å². The molecule has 0 fully saturated rings. The molecule has 1 amide bonds. The highest BCUT2D eigenvalue weighted by Gasteiger charge is 2.30. The second-order valence-corrected chi connectivity index (χ2v) is 7.17. The van der Waals surface area contributed by atoms with Gasteiger partial charge in [0.1, 0.15) is 11.6 Å². The smallest absolute Gasteiger partial charge is 0.416 e. The maximum absolute atomic E-state index is 12.9. The Morgan fingerprint density at radius 1 is 1.06 bits per heavy atom. The summed E-state index contributed by atoms with van der Waals surface area (Å²) in [5.41, 5.74) is 2.44. The zero-order valence-corrected chi connectivity index (χ0v) is 17.6. The first kappa shape index (κ1) is 22.0. The van der Waals surface area contributed by atoms with Crippen molar-refractivity contribution < 1.29 is 22.7 Å². The van der Waals surface area contributed by atoms with E-state index in [4.69, 9.17) is 4.74 Å². The van der Waals surface area contributed by atoms with Gasteiger partial charge in [0.25, 0.3) is 5.91 Å². The van der Waals surface area contributed by atoms with Crippen molar-refractivity contribution in [1.29, 1.82) is 0 Å². The van der Waals surface area contributed by atoms with Crippen LogP contribution in [0, 0.1) is 6.92 Å². The first-order valence-corrected chi connectivity index (χ1v) is 9.74. The molecule has 3 aromatic heterocycles. The molecule has 4 aromatic rings. The molecule has 0 aliphatic heterocycles. The average Bonchev–Trinajstić information content (AvgIpc) is 3.29. The molecule has 0 spiro atoms. The van der Waals surface area contributed by atoms with Crippen LogP contribution in [0.3, 0.4) is 0 Å². The Morgan fingerprint density at radius 2 is 1.88 bits per heavy atom. The molecular weight excluding hydrogens is 435 g/mol. The minimum atomic E-state index is -4.53. The van der Waals surface area contributed by atoms with Crippen molar-refractivity contribution in [3.8, 4) is 22.6 Å². The molecule has 168 valence electrons. The van der Waals surface area contributed by atoms with Crippen LogP contribution in [-0.4, -0.2) is 32.8 Å². The van der Waals surface area contributed by atoms with E-state index >= 15 is 0 Å². The lowest BCUT2D eigenvalue weighted by atomic mass is 10.1. The van der Waals surface area contributed by atoms with Gasteiger partial charge in [-0.05, 0) is 42.8 Å². The zero-order valence-electron chi connectivity index (χ0n) is 17.6. The zero-order chi connectivity index (χ0) is 23.6. The Labute approximate surface area is 186 Å². The quantitative estimate of drug-likeness (QED) is 0.464. The summed E-state index contributed by atoms with van der Waals surface area (Å²) in [5, 5.41) is 6.79. The topological polar surface area (TPSA) is 81.9 Å². The second-order valence-electron chi connectivity index (χ2n) is 7.17. The van der Waals surface area contributed by atoms with Crippen molar-refractivity contribution >= 4 is 11.7 Å². The average molecular weight is 453 g/mol. The SMILES string of the molecule is COc1cncc(-c2cnn(-c3cc(C(=O)Nc4cc(C(F)(F)F)ccn4)ccc3C)c2)c1. The van der Waals surface area contributed by atoms with Crippen LogP contribution in [0.25, 0.3) is 16.8 Å². The fourth-order valence-electron chi connectivity index (χ4n) is 3.15. The van der Waals surface area contributed by atoms with Crippen LogP contribution >= 0.6 is 0 Å². The van der Waals surface area contributed by atoms with E-state index < -0.39 is 17.6 Å². The van der Waals surface area contributed by atoms with E-state index in [-0.39, 0.29) is 11.4 Å². The number of methoxy groups -OCH3 is 1. The fraction of sp³-hybridized carbons (Fsp3) is 0.130. The molecule has 7 nitrogen and oxygen atoms in total. The molecule has 0 aliphatic rings. The lowest BCUT2D eigenvalue weighted by Gasteiger charge is -2.11. The molecule has 0 saturated carbocycles. The van der Waals surface area contributed by atoms with Crippen LogP contribution in [0.5, 0.6) is 5.75 Å². The van der Waals surface area contributed by atoms with E-state index in [1.165, 1.54) is 0 Å². The molecular formula is C23H18F3N5O2. The highest BCUT2D eigenvalue weighted by atomic mass is 19.4. The van der Waals surface area contributed by atoms with Crippen molar-refractivity contribution in [2.45, 2.75) is 13.1 Å². The van der Waals surface area contributed by atoms with Crippen molar-refractivity contribution in [3.63, 3.8) is 0 Å². The lowest BCUT2D eigenvalue weighted by Crippen LogP contribution is -2.15. The number of alkyl halides is 3. The summed E-state index contributed by atoms with van der Waals surface area (Å²) in [7, 11) is 1.55. The number of ether oxygens (including phenoxy) is 1. The number of nitrogens with zero attached hydrogens (tertiary/aromatic N) is 4. The van der Waals surface area contributed by atoms with Gasteiger partial charge in [-0.3, -0.25) is 9.78 Å². The van der Waals surface area contributed by atoms with Gasteiger partial charge in [0.05, 0.1) is 30.8 Å². The number of halogens is 3. The number of aromatic nitrogens is 4. The van der Waals surface area contributed by atoms with Gasteiger partial charge in [0.2, 0.25) is 0 Å². The number of hydrogen-bond acceptors (Lipinski definition) is 5. The number of benzene rings is 1. The van der Waals surface area contributed by atoms with Gasteiger partial charge in [-0.1, -0.05) is 6.07 Å². The maximum atomic E-state index is 12.9. The summed E-state index contributed by atoms with van der Waals surface area (Å²) in [6.07, 6.45) is 3.19. The molecule has 0 saturated heterocycles. The molecule has 10 heteroatoms. The minimum absolute atomic E-state index is 0.191.